The topological polar surface area (TPSA) is 35.2 Å². The molecule has 0 radical (unpaired) electrons. The predicted molar refractivity (Wildman–Crippen MR) is 82.7 cm³/mol. The molecule has 0 aliphatic heterocycles. The molecule has 0 fully saturated rings. The van der Waals surface area contributed by atoms with Crippen LogP contribution in [-0.4, -0.2) is 7.11 Å². The summed E-state index contributed by atoms with van der Waals surface area (Å²) in [4.78, 5) is 1.13. The summed E-state index contributed by atoms with van der Waals surface area (Å²) in [6.45, 7) is 2.11. The van der Waals surface area contributed by atoms with Crippen molar-refractivity contribution in [3.8, 4) is 5.75 Å². The lowest BCUT2D eigenvalue weighted by Gasteiger charge is -2.16. The van der Waals surface area contributed by atoms with Gasteiger partial charge in [-0.3, -0.25) is 0 Å². The number of benzene rings is 1. The molecule has 0 saturated carbocycles. The number of methoxy groups -OCH3 is 1. The van der Waals surface area contributed by atoms with Crippen molar-refractivity contribution in [2.75, 3.05) is 7.11 Å². The van der Waals surface area contributed by atoms with Gasteiger partial charge in [0, 0.05) is 16.0 Å². The van der Waals surface area contributed by atoms with Crippen molar-refractivity contribution in [1.29, 1.82) is 0 Å². The van der Waals surface area contributed by atoms with Gasteiger partial charge in [-0.05, 0) is 35.1 Å². The lowest BCUT2D eigenvalue weighted by atomic mass is 10.0. The van der Waals surface area contributed by atoms with Crippen molar-refractivity contribution < 1.29 is 4.74 Å². The minimum atomic E-state index is -0.258. The zero-order valence-electron chi connectivity index (χ0n) is 10.7. The number of halogens is 2. The van der Waals surface area contributed by atoms with E-state index < -0.39 is 0 Å². The van der Waals surface area contributed by atoms with E-state index in [1.165, 1.54) is 5.56 Å². The Labute approximate surface area is 127 Å². The molecule has 2 rings (SSSR count). The second-order valence-corrected chi connectivity index (χ2v) is 5.91. The lowest BCUT2D eigenvalue weighted by Crippen LogP contribution is -2.12. The summed E-state index contributed by atoms with van der Waals surface area (Å²) in [5.74, 6) is 0.560. The van der Waals surface area contributed by atoms with E-state index in [-0.39, 0.29) is 6.04 Å². The minimum absolute atomic E-state index is 0.258. The minimum Gasteiger partial charge on any atom is -0.495 e. The van der Waals surface area contributed by atoms with Crippen molar-refractivity contribution in [2.45, 2.75) is 19.4 Å². The van der Waals surface area contributed by atoms with E-state index in [1.807, 2.05) is 5.38 Å². The molecule has 19 heavy (non-hydrogen) atoms. The first-order valence-corrected chi connectivity index (χ1v) is 7.56. The largest absolute Gasteiger partial charge is 0.495 e. The van der Waals surface area contributed by atoms with Crippen LogP contribution in [0.15, 0.2) is 23.6 Å². The van der Waals surface area contributed by atoms with Crippen LogP contribution in [0.5, 0.6) is 5.75 Å². The second kappa shape index (κ2) is 6.14. The van der Waals surface area contributed by atoms with Gasteiger partial charge in [-0.25, -0.2) is 0 Å². The molecule has 0 spiro atoms. The van der Waals surface area contributed by atoms with Crippen LogP contribution in [0.2, 0.25) is 10.0 Å². The summed E-state index contributed by atoms with van der Waals surface area (Å²) in [5.41, 5.74) is 8.40. The van der Waals surface area contributed by atoms with Gasteiger partial charge in [0.25, 0.3) is 0 Å². The van der Waals surface area contributed by atoms with E-state index in [9.17, 15) is 0 Å². The number of nitrogens with two attached hydrogens (primary N) is 1. The Balaban J connectivity index is 2.44. The molecule has 0 aliphatic carbocycles. The van der Waals surface area contributed by atoms with E-state index in [4.69, 9.17) is 33.7 Å². The van der Waals surface area contributed by atoms with Crippen molar-refractivity contribution in [3.05, 3.63) is 49.6 Å². The molecule has 1 aromatic heterocycles. The van der Waals surface area contributed by atoms with Crippen molar-refractivity contribution in [2.24, 2.45) is 5.73 Å². The molecule has 1 atom stereocenters. The molecule has 102 valence electrons. The van der Waals surface area contributed by atoms with E-state index in [0.29, 0.717) is 15.8 Å². The fraction of sp³-hybridized carbons (Fsp3) is 0.286. The molecule has 5 heteroatoms. The Morgan fingerprint density at radius 3 is 2.68 bits per heavy atom. The SMILES string of the molecule is CCc1ccsc1C(N)c1cc(Cl)c(OC)cc1Cl. The second-order valence-electron chi connectivity index (χ2n) is 4.15. The average Bonchev–Trinajstić information content (AvgIpc) is 2.88. The monoisotopic (exact) mass is 315 g/mol. The standard InChI is InChI=1S/C14H15Cl2NOS/c1-3-8-4-5-19-14(8)13(17)9-6-11(16)12(18-2)7-10(9)15/h4-7,13H,3,17H2,1-2H3. The molecule has 0 bridgehead atoms. The highest BCUT2D eigenvalue weighted by Gasteiger charge is 2.18. The van der Waals surface area contributed by atoms with Crippen LogP contribution in [0.4, 0.5) is 0 Å². The highest BCUT2D eigenvalue weighted by atomic mass is 35.5. The summed E-state index contributed by atoms with van der Waals surface area (Å²) in [5, 5.41) is 3.14. The summed E-state index contributed by atoms with van der Waals surface area (Å²) in [6.07, 6.45) is 0.952. The van der Waals surface area contributed by atoms with Crippen LogP contribution >= 0.6 is 34.5 Å². The van der Waals surface area contributed by atoms with Crippen molar-refractivity contribution in [3.63, 3.8) is 0 Å². The van der Waals surface area contributed by atoms with E-state index in [1.54, 1.807) is 30.6 Å². The van der Waals surface area contributed by atoms with Crippen LogP contribution in [0.25, 0.3) is 0 Å². The molecule has 0 amide bonds. The van der Waals surface area contributed by atoms with Crippen LogP contribution in [0.1, 0.15) is 29.0 Å². The third kappa shape index (κ3) is 2.90. The van der Waals surface area contributed by atoms with Crippen LogP contribution < -0.4 is 10.5 Å². The van der Waals surface area contributed by atoms with Crippen molar-refractivity contribution >= 4 is 34.5 Å². The molecular formula is C14H15Cl2NOS. The van der Waals surface area contributed by atoms with Gasteiger partial charge in [0.1, 0.15) is 5.75 Å². The number of rotatable bonds is 4. The van der Waals surface area contributed by atoms with Gasteiger partial charge in [-0.2, -0.15) is 0 Å². The van der Waals surface area contributed by atoms with Gasteiger partial charge in [-0.1, -0.05) is 30.1 Å². The van der Waals surface area contributed by atoms with Gasteiger partial charge in [0.2, 0.25) is 0 Å². The van der Waals surface area contributed by atoms with Gasteiger partial charge >= 0.3 is 0 Å². The van der Waals surface area contributed by atoms with E-state index in [0.717, 1.165) is 16.9 Å². The first-order valence-electron chi connectivity index (χ1n) is 5.93. The van der Waals surface area contributed by atoms with Crippen LogP contribution in [-0.2, 0) is 6.42 Å². The van der Waals surface area contributed by atoms with Gasteiger partial charge in [-0.15, -0.1) is 11.3 Å². The summed E-state index contributed by atoms with van der Waals surface area (Å²) >= 11 is 14.1. The third-order valence-corrected chi connectivity index (χ3v) is 4.72. The number of hydrogen-bond acceptors (Lipinski definition) is 3. The normalized spacial score (nSPS) is 12.5. The van der Waals surface area contributed by atoms with Crippen LogP contribution in [0.3, 0.4) is 0 Å². The Morgan fingerprint density at radius 2 is 2.05 bits per heavy atom. The predicted octanol–water partition coefficient (Wildman–Crippen LogP) is 4.67. The summed E-state index contributed by atoms with van der Waals surface area (Å²) < 4.78 is 5.14. The lowest BCUT2D eigenvalue weighted by molar-refractivity contribution is 0.415. The maximum absolute atomic E-state index is 6.32. The molecule has 2 aromatic rings. The molecule has 0 saturated heterocycles. The summed E-state index contributed by atoms with van der Waals surface area (Å²) in [6, 6.07) is 5.33. The zero-order valence-corrected chi connectivity index (χ0v) is 13.1. The zero-order chi connectivity index (χ0) is 14.0. The van der Waals surface area contributed by atoms with Gasteiger partial charge < -0.3 is 10.5 Å². The molecular weight excluding hydrogens is 301 g/mol. The number of thiophene rings is 1. The molecule has 0 aliphatic rings. The quantitative estimate of drug-likeness (QED) is 0.889. The first kappa shape index (κ1) is 14.7. The fourth-order valence-corrected chi connectivity index (χ4v) is 3.53. The molecule has 2 nitrogen and oxygen atoms in total. The van der Waals surface area contributed by atoms with E-state index >= 15 is 0 Å². The van der Waals surface area contributed by atoms with Gasteiger partial charge in [0.05, 0.1) is 18.2 Å². The fourth-order valence-electron chi connectivity index (χ4n) is 1.99. The molecule has 1 aromatic carbocycles. The maximum atomic E-state index is 6.32. The third-order valence-electron chi connectivity index (χ3n) is 3.05. The van der Waals surface area contributed by atoms with Crippen molar-refractivity contribution in [1.82, 2.24) is 0 Å². The molecule has 1 unspecified atom stereocenters. The Kier molecular flexibility index (Phi) is 4.74. The average molecular weight is 316 g/mol. The Morgan fingerprint density at radius 1 is 1.32 bits per heavy atom. The highest BCUT2D eigenvalue weighted by molar-refractivity contribution is 7.10. The smallest absolute Gasteiger partial charge is 0.138 e. The van der Waals surface area contributed by atoms with Gasteiger partial charge in [0.15, 0.2) is 0 Å². The number of aryl methyl sites for hydroxylation is 1. The van der Waals surface area contributed by atoms with E-state index in [2.05, 4.69) is 13.0 Å². The molecule has 1 heterocycles. The molecule has 2 N–H and O–H groups in total. The summed E-state index contributed by atoms with van der Waals surface area (Å²) in [7, 11) is 1.56. The van der Waals surface area contributed by atoms with Crippen LogP contribution in [0, 0.1) is 0 Å². The first-order chi connectivity index (χ1) is 9.08. The number of ether oxygens (including phenoxy) is 1. The maximum Gasteiger partial charge on any atom is 0.138 e. The highest BCUT2D eigenvalue weighted by Crippen LogP contribution is 2.37. The number of hydrogen-bond donors (Lipinski definition) is 1. The Hall–Kier alpha value is -0.740. The Bertz CT molecular complexity index is 583.